The van der Waals surface area contributed by atoms with Gasteiger partial charge in [0.25, 0.3) is 0 Å². The van der Waals surface area contributed by atoms with Crippen LogP contribution in [0.2, 0.25) is 0 Å². The van der Waals surface area contributed by atoms with Crippen LogP contribution in [-0.4, -0.2) is 50.7 Å². The summed E-state index contributed by atoms with van der Waals surface area (Å²) in [7, 11) is 1.71. The molecule has 0 radical (unpaired) electrons. The number of hydrogen-bond acceptors (Lipinski definition) is 3. The molecule has 1 amide bonds. The Morgan fingerprint density at radius 1 is 1.09 bits per heavy atom. The third-order valence-electron chi connectivity index (χ3n) is 4.67. The first-order valence-corrected chi connectivity index (χ1v) is 8.90. The number of ether oxygens (including phenoxy) is 1. The van der Waals surface area contributed by atoms with Crippen LogP contribution in [0.15, 0.2) is 0 Å². The van der Waals surface area contributed by atoms with Gasteiger partial charge in [-0.15, -0.1) is 0 Å². The van der Waals surface area contributed by atoms with Crippen LogP contribution in [0, 0.1) is 17.3 Å². The number of carbonyl (C=O) groups excluding carboxylic acids is 1. The fourth-order valence-electron chi connectivity index (χ4n) is 3.08. The van der Waals surface area contributed by atoms with Gasteiger partial charge in [0.05, 0.1) is 12.0 Å². The minimum atomic E-state index is -0.312. The van der Waals surface area contributed by atoms with Gasteiger partial charge in [-0.2, -0.15) is 0 Å². The molecule has 0 unspecified atom stereocenters. The summed E-state index contributed by atoms with van der Waals surface area (Å²) in [5.41, 5.74) is -0.312. The third-order valence-corrected chi connectivity index (χ3v) is 4.67. The molecule has 1 aliphatic rings. The van der Waals surface area contributed by atoms with Gasteiger partial charge in [-0.1, -0.05) is 27.7 Å². The molecule has 1 saturated heterocycles. The summed E-state index contributed by atoms with van der Waals surface area (Å²) >= 11 is 0. The minimum Gasteiger partial charge on any atom is -0.384 e. The number of nitrogens with one attached hydrogen (secondary N) is 1. The van der Waals surface area contributed by atoms with E-state index in [1.165, 1.54) is 0 Å². The van der Waals surface area contributed by atoms with E-state index in [2.05, 4.69) is 37.9 Å². The molecule has 0 aromatic carbocycles. The zero-order valence-electron chi connectivity index (χ0n) is 15.3. The van der Waals surface area contributed by atoms with E-state index >= 15 is 0 Å². The fourth-order valence-corrected chi connectivity index (χ4v) is 3.08. The highest BCUT2D eigenvalue weighted by Gasteiger charge is 2.42. The monoisotopic (exact) mass is 312 g/mol. The van der Waals surface area contributed by atoms with Gasteiger partial charge in [-0.3, -0.25) is 4.79 Å². The second kappa shape index (κ2) is 9.51. The Hall–Kier alpha value is -0.610. The van der Waals surface area contributed by atoms with Crippen LogP contribution in [0.5, 0.6) is 0 Å². The SMILES string of the molecule is COCC1(C(=O)N(CCC(C)C)CCC(C)C)CCNCC1. The first kappa shape index (κ1) is 19.4. The molecule has 0 aliphatic carbocycles. The quantitative estimate of drug-likeness (QED) is 0.712. The van der Waals surface area contributed by atoms with Gasteiger partial charge < -0.3 is 15.0 Å². The standard InChI is InChI=1S/C18H36N2O2/c1-15(2)6-12-20(13-7-16(3)4)17(21)18(14-22-5)8-10-19-11-9-18/h15-16,19H,6-14H2,1-5H3. The normalized spacial score (nSPS) is 18.0. The summed E-state index contributed by atoms with van der Waals surface area (Å²) in [4.78, 5) is 15.4. The van der Waals surface area contributed by atoms with Crippen molar-refractivity contribution in [3.63, 3.8) is 0 Å². The largest absolute Gasteiger partial charge is 0.384 e. The average molecular weight is 312 g/mol. The number of nitrogens with zero attached hydrogens (tertiary/aromatic N) is 1. The van der Waals surface area contributed by atoms with Crippen LogP contribution in [-0.2, 0) is 9.53 Å². The summed E-state index contributed by atoms with van der Waals surface area (Å²) in [6, 6.07) is 0. The molecule has 4 heteroatoms. The molecular formula is C18H36N2O2. The Kier molecular flexibility index (Phi) is 8.40. The lowest BCUT2D eigenvalue weighted by Crippen LogP contribution is -2.52. The molecule has 4 nitrogen and oxygen atoms in total. The maximum absolute atomic E-state index is 13.3. The lowest BCUT2D eigenvalue weighted by atomic mass is 9.78. The number of piperidine rings is 1. The number of rotatable bonds is 9. The molecule has 0 bridgehead atoms. The van der Waals surface area contributed by atoms with Gasteiger partial charge in [-0.25, -0.2) is 0 Å². The predicted molar refractivity (Wildman–Crippen MR) is 91.9 cm³/mol. The van der Waals surface area contributed by atoms with Crippen LogP contribution < -0.4 is 5.32 Å². The van der Waals surface area contributed by atoms with Gasteiger partial charge in [0.1, 0.15) is 0 Å². The zero-order chi connectivity index (χ0) is 16.6. The molecule has 1 rings (SSSR count). The van der Waals surface area contributed by atoms with E-state index in [4.69, 9.17) is 4.74 Å². The lowest BCUT2D eigenvalue weighted by Gasteiger charge is -2.40. The Morgan fingerprint density at radius 2 is 1.59 bits per heavy atom. The van der Waals surface area contributed by atoms with E-state index in [0.29, 0.717) is 24.3 Å². The second-order valence-electron chi connectivity index (χ2n) is 7.62. The van der Waals surface area contributed by atoms with Crippen molar-refractivity contribution in [3.05, 3.63) is 0 Å². The minimum absolute atomic E-state index is 0.312. The molecule has 1 aliphatic heterocycles. The maximum atomic E-state index is 13.3. The van der Waals surface area contributed by atoms with Gasteiger partial charge >= 0.3 is 0 Å². The molecular weight excluding hydrogens is 276 g/mol. The third kappa shape index (κ3) is 5.88. The zero-order valence-corrected chi connectivity index (χ0v) is 15.3. The number of methoxy groups -OCH3 is 1. The van der Waals surface area contributed by atoms with Crippen molar-refractivity contribution in [2.24, 2.45) is 17.3 Å². The highest BCUT2D eigenvalue weighted by molar-refractivity contribution is 5.83. The van der Waals surface area contributed by atoms with E-state index in [0.717, 1.165) is 51.9 Å². The molecule has 1 N–H and O–H groups in total. The Balaban J connectivity index is 2.80. The van der Waals surface area contributed by atoms with E-state index in [1.54, 1.807) is 7.11 Å². The lowest BCUT2D eigenvalue weighted by molar-refractivity contribution is -0.148. The predicted octanol–water partition coefficient (Wildman–Crippen LogP) is 2.92. The number of carbonyl (C=O) groups is 1. The highest BCUT2D eigenvalue weighted by atomic mass is 16.5. The van der Waals surface area contributed by atoms with E-state index in [9.17, 15) is 4.79 Å². The number of amides is 1. The van der Waals surface area contributed by atoms with Crippen molar-refractivity contribution < 1.29 is 9.53 Å². The van der Waals surface area contributed by atoms with Gasteiger partial charge in [0.15, 0.2) is 0 Å². The Bertz CT molecular complexity index is 306. The van der Waals surface area contributed by atoms with Gasteiger partial charge in [-0.05, 0) is 50.6 Å². The van der Waals surface area contributed by atoms with Gasteiger partial charge in [0.2, 0.25) is 5.91 Å². The van der Waals surface area contributed by atoms with E-state index in [1.807, 2.05) is 0 Å². The molecule has 1 fully saturated rings. The van der Waals surface area contributed by atoms with E-state index in [-0.39, 0.29) is 5.41 Å². The molecule has 0 spiro atoms. The van der Waals surface area contributed by atoms with Crippen molar-refractivity contribution in [3.8, 4) is 0 Å². The van der Waals surface area contributed by atoms with Crippen molar-refractivity contribution in [2.45, 2.75) is 53.4 Å². The molecule has 1 heterocycles. The summed E-state index contributed by atoms with van der Waals surface area (Å²) in [5, 5.41) is 3.37. The first-order chi connectivity index (χ1) is 10.4. The van der Waals surface area contributed by atoms with Crippen molar-refractivity contribution >= 4 is 5.91 Å². The highest BCUT2D eigenvalue weighted by Crippen LogP contribution is 2.32. The summed E-state index contributed by atoms with van der Waals surface area (Å²) in [6.07, 6.45) is 3.93. The molecule has 0 atom stereocenters. The topological polar surface area (TPSA) is 41.6 Å². The summed E-state index contributed by atoms with van der Waals surface area (Å²) < 4.78 is 5.43. The fraction of sp³-hybridized carbons (Fsp3) is 0.944. The van der Waals surface area contributed by atoms with E-state index < -0.39 is 0 Å². The van der Waals surface area contributed by atoms with Crippen molar-refractivity contribution in [1.82, 2.24) is 10.2 Å². The van der Waals surface area contributed by atoms with Crippen LogP contribution in [0.4, 0.5) is 0 Å². The summed E-state index contributed by atoms with van der Waals surface area (Å²) in [6.45, 7) is 13.0. The molecule has 0 aromatic rings. The van der Waals surface area contributed by atoms with Gasteiger partial charge in [0, 0.05) is 20.2 Å². The van der Waals surface area contributed by atoms with Crippen LogP contribution in [0.3, 0.4) is 0 Å². The maximum Gasteiger partial charge on any atom is 0.231 e. The second-order valence-corrected chi connectivity index (χ2v) is 7.62. The molecule has 0 aromatic heterocycles. The molecule has 0 saturated carbocycles. The smallest absolute Gasteiger partial charge is 0.231 e. The molecule has 130 valence electrons. The van der Waals surface area contributed by atoms with Crippen molar-refractivity contribution in [1.29, 1.82) is 0 Å². The average Bonchev–Trinajstić information content (AvgIpc) is 2.47. The van der Waals surface area contributed by atoms with Crippen LogP contribution in [0.25, 0.3) is 0 Å². The number of hydrogen-bond donors (Lipinski definition) is 1. The van der Waals surface area contributed by atoms with Crippen molar-refractivity contribution in [2.75, 3.05) is 39.9 Å². The Morgan fingerprint density at radius 3 is 2.00 bits per heavy atom. The van der Waals surface area contributed by atoms with Crippen LogP contribution >= 0.6 is 0 Å². The summed E-state index contributed by atoms with van der Waals surface area (Å²) in [5.74, 6) is 1.57. The Labute approximate surface area is 137 Å². The molecule has 22 heavy (non-hydrogen) atoms. The van der Waals surface area contributed by atoms with Crippen LogP contribution in [0.1, 0.15) is 53.4 Å². The first-order valence-electron chi connectivity index (χ1n) is 8.90.